The minimum Gasteiger partial charge on any atom is -0.481 e. The molecule has 0 aromatic heterocycles. The number of anilines is 1. The van der Waals surface area contributed by atoms with Crippen LogP contribution in [0.4, 0.5) is 23.2 Å². The summed E-state index contributed by atoms with van der Waals surface area (Å²) in [6, 6.07) is 5.09. The van der Waals surface area contributed by atoms with Crippen molar-refractivity contribution in [2.75, 3.05) is 11.9 Å². The van der Waals surface area contributed by atoms with Crippen LogP contribution in [-0.4, -0.2) is 23.8 Å². The fourth-order valence-corrected chi connectivity index (χ4v) is 1.16. The molecule has 0 saturated carbocycles. The number of aliphatic carboxylic acids is 1. The van der Waals surface area contributed by atoms with Gasteiger partial charge < -0.3 is 10.4 Å². The number of hydrogen-bond donors (Lipinski definition) is 2. The van der Waals surface area contributed by atoms with E-state index in [4.69, 9.17) is 5.11 Å². The highest BCUT2D eigenvalue weighted by molar-refractivity contribution is 5.71. The van der Waals surface area contributed by atoms with Crippen molar-refractivity contribution in [1.82, 2.24) is 0 Å². The summed E-state index contributed by atoms with van der Waals surface area (Å²) in [6.07, 6.45) is -4.87. The van der Waals surface area contributed by atoms with E-state index >= 15 is 0 Å². The van der Waals surface area contributed by atoms with Crippen LogP contribution in [0, 0.1) is 11.7 Å². The van der Waals surface area contributed by atoms with E-state index in [0.717, 1.165) is 6.07 Å². The average molecular weight is 251 g/mol. The molecule has 0 saturated heterocycles. The molecule has 0 radical (unpaired) electrons. The van der Waals surface area contributed by atoms with Gasteiger partial charge in [-0.05, 0) is 12.1 Å². The molecule has 7 heteroatoms. The number of nitrogens with one attached hydrogen (secondary N) is 1. The number of carbonyl (C=O) groups is 1. The van der Waals surface area contributed by atoms with Crippen LogP contribution in [0.1, 0.15) is 0 Å². The highest BCUT2D eigenvalue weighted by atomic mass is 19.4. The molecule has 17 heavy (non-hydrogen) atoms. The van der Waals surface area contributed by atoms with Gasteiger partial charge in [-0.25, -0.2) is 4.39 Å². The maximum Gasteiger partial charge on any atom is 0.403 e. The van der Waals surface area contributed by atoms with Gasteiger partial charge in [0, 0.05) is 6.54 Å². The summed E-state index contributed by atoms with van der Waals surface area (Å²) in [5.74, 6) is -5.30. The van der Waals surface area contributed by atoms with Gasteiger partial charge in [0.05, 0.1) is 5.69 Å². The quantitative estimate of drug-likeness (QED) is 0.808. The molecule has 0 fully saturated rings. The van der Waals surface area contributed by atoms with Crippen molar-refractivity contribution in [3.8, 4) is 0 Å². The molecule has 1 unspecified atom stereocenters. The van der Waals surface area contributed by atoms with Crippen LogP contribution in [0.2, 0.25) is 0 Å². The van der Waals surface area contributed by atoms with Crippen molar-refractivity contribution < 1.29 is 27.5 Å². The SMILES string of the molecule is O=C(O)C(CNc1ccccc1F)C(F)(F)F. The molecule has 1 atom stereocenters. The third kappa shape index (κ3) is 3.61. The molecule has 94 valence electrons. The first kappa shape index (κ1) is 13.3. The molecule has 0 aliphatic carbocycles. The first-order valence-corrected chi connectivity index (χ1v) is 4.60. The van der Waals surface area contributed by atoms with E-state index in [-0.39, 0.29) is 5.69 Å². The molecule has 3 nitrogen and oxygen atoms in total. The second kappa shape index (κ2) is 5.03. The molecular weight excluding hydrogens is 242 g/mol. The number of halogens is 4. The summed E-state index contributed by atoms with van der Waals surface area (Å²) >= 11 is 0. The maximum absolute atomic E-state index is 13.0. The summed E-state index contributed by atoms with van der Waals surface area (Å²) in [6.45, 7) is -0.917. The molecule has 2 N–H and O–H groups in total. The Kier molecular flexibility index (Phi) is 3.93. The Morgan fingerprint density at radius 1 is 1.35 bits per heavy atom. The first-order chi connectivity index (χ1) is 7.82. The van der Waals surface area contributed by atoms with Gasteiger partial charge in [0.2, 0.25) is 0 Å². The second-order valence-electron chi connectivity index (χ2n) is 3.29. The lowest BCUT2D eigenvalue weighted by Crippen LogP contribution is -2.36. The fraction of sp³-hybridized carbons (Fsp3) is 0.300. The third-order valence-electron chi connectivity index (χ3n) is 2.06. The normalized spacial score (nSPS) is 13.2. The van der Waals surface area contributed by atoms with Crippen LogP contribution in [0.15, 0.2) is 24.3 Å². The van der Waals surface area contributed by atoms with Crippen molar-refractivity contribution in [3.05, 3.63) is 30.1 Å². The van der Waals surface area contributed by atoms with Crippen molar-refractivity contribution in [1.29, 1.82) is 0 Å². The predicted octanol–water partition coefficient (Wildman–Crippen LogP) is 2.50. The van der Waals surface area contributed by atoms with Crippen LogP contribution in [0.25, 0.3) is 0 Å². The zero-order valence-corrected chi connectivity index (χ0v) is 8.46. The molecule has 0 aliphatic heterocycles. The summed E-state index contributed by atoms with van der Waals surface area (Å²) < 4.78 is 49.8. The van der Waals surface area contributed by atoms with E-state index < -0.39 is 30.4 Å². The molecule has 0 aliphatic rings. The van der Waals surface area contributed by atoms with Gasteiger partial charge in [-0.15, -0.1) is 0 Å². The van der Waals surface area contributed by atoms with Crippen molar-refractivity contribution in [2.45, 2.75) is 6.18 Å². The van der Waals surface area contributed by atoms with Crippen LogP contribution in [0.5, 0.6) is 0 Å². The Morgan fingerprint density at radius 2 is 1.94 bits per heavy atom. The van der Waals surface area contributed by atoms with Crippen LogP contribution in [0.3, 0.4) is 0 Å². The lowest BCUT2D eigenvalue weighted by atomic mass is 10.1. The number of carboxylic acids is 1. The Balaban J connectivity index is 2.72. The zero-order valence-electron chi connectivity index (χ0n) is 8.46. The van der Waals surface area contributed by atoms with Gasteiger partial charge in [0.15, 0.2) is 5.92 Å². The van der Waals surface area contributed by atoms with Gasteiger partial charge in [0.1, 0.15) is 5.82 Å². The minimum atomic E-state index is -4.87. The lowest BCUT2D eigenvalue weighted by molar-refractivity contribution is -0.190. The van der Waals surface area contributed by atoms with E-state index in [1.54, 1.807) is 0 Å². The van der Waals surface area contributed by atoms with Crippen LogP contribution >= 0.6 is 0 Å². The summed E-state index contributed by atoms with van der Waals surface area (Å²) in [4.78, 5) is 10.4. The summed E-state index contributed by atoms with van der Waals surface area (Å²) in [5.41, 5.74) is -0.164. The van der Waals surface area contributed by atoms with E-state index in [0.29, 0.717) is 0 Å². The van der Waals surface area contributed by atoms with Gasteiger partial charge in [-0.3, -0.25) is 4.79 Å². The Hall–Kier alpha value is -1.79. The number of para-hydroxylation sites is 1. The first-order valence-electron chi connectivity index (χ1n) is 4.60. The Morgan fingerprint density at radius 3 is 2.41 bits per heavy atom. The molecule has 1 aromatic rings. The highest BCUT2D eigenvalue weighted by Gasteiger charge is 2.44. The number of carboxylic acid groups (broad SMARTS) is 1. The monoisotopic (exact) mass is 251 g/mol. The van der Waals surface area contributed by atoms with E-state index in [9.17, 15) is 22.4 Å². The molecule has 0 heterocycles. The molecule has 0 amide bonds. The standard InChI is InChI=1S/C10H9F4NO2/c11-7-3-1-2-4-8(7)15-5-6(9(16)17)10(12,13)14/h1-4,6,15H,5H2,(H,16,17). The summed E-state index contributed by atoms with van der Waals surface area (Å²) in [7, 11) is 0. The maximum atomic E-state index is 13.0. The molecular formula is C10H9F4NO2. The number of hydrogen-bond acceptors (Lipinski definition) is 2. The predicted molar refractivity (Wildman–Crippen MR) is 52.1 cm³/mol. The van der Waals surface area contributed by atoms with E-state index in [1.807, 2.05) is 0 Å². The topological polar surface area (TPSA) is 49.3 Å². The highest BCUT2D eigenvalue weighted by Crippen LogP contribution is 2.27. The molecule has 1 aromatic carbocycles. The largest absolute Gasteiger partial charge is 0.481 e. The summed E-state index contributed by atoms with van der Waals surface area (Å²) in [5, 5.41) is 10.5. The van der Waals surface area contributed by atoms with E-state index in [1.165, 1.54) is 18.2 Å². The number of rotatable bonds is 4. The van der Waals surface area contributed by atoms with Crippen LogP contribution in [-0.2, 0) is 4.79 Å². The van der Waals surface area contributed by atoms with Gasteiger partial charge in [-0.2, -0.15) is 13.2 Å². The van der Waals surface area contributed by atoms with E-state index in [2.05, 4.69) is 5.32 Å². The average Bonchev–Trinajstić information content (AvgIpc) is 2.18. The van der Waals surface area contributed by atoms with Crippen molar-refractivity contribution in [3.63, 3.8) is 0 Å². The lowest BCUT2D eigenvalue weighted by Gasteiger charge is -2.17. The van der Waals surface area contributed by atoms with Crippen LogP contribution < -0.4 is 5.32 Å². The molecule has 1 rings (SSSR count). The minimum absolute atomic E-state index is 0.164. The van der Waals surface area contributed by atoms with Gasteiger partial charge >= 0.3 is 12.1 Å². The van der Waals surface area contributed by atoms with Gasteiger partial charge in [-0.1, -0.05) is 12.1 Å². The Labute approximate surface area is 94.1 Å². The number of alkyl halides is 3. The third-order valence-corrected chi connectivity index (χ3v) is 2.06. The Bertz CT molecular complexity index is 406. The van der Waals surface area contributed by atoms with Crippen molar-refractivity contribution >= 4 is 11.7 Å². The fourth-order valence-electron chi connectivity index (χ4n) is 1.16. The number of benzene rings is 1. The second-order valence-corrected chi connectivity index (χ2v) is 3.29. The zero-order chi connectivity index (χ0) is 13.1. The van der Waals surface area contributed by atoms with Crippen molar-refractivity contribution in [2.24, 2.45) is 5.92 Å². The molecule has 0 spiro atoms. The molecule has 0 bridgehead atoms. The smallest absolute Gasteiger partial charge is 0.403 e. The van der Waals surface area contributed by atoms with Gasteiger partial charge in [0.25, 0.3) is 0 Å².